The largest absolute Gasteiger partial charge is 0.460 e. The van der Waals surface area contributed by atoms with Gasteiger partial charge in [0.2, 0.25) is 5.76 Å². The van der Waals surface area contributed by atoms with Crippen molar-refractivity contribution in [1.82, 2.24) is 10.5 Å². The van der Waals surface area contributed by atoms with Crippen LogP contribution < -0.4 is 5.32 Å². The van der Waals surface area contributed by atoms with E-state index < -0.39 is 5.97 Å². The van der Waals surface area contributed by atoms with E-state index in [9.17, 15) is 9.59 Å². The maximum atomic E-state index is 12.1. The summed E-state index contributed by atoms with van der Waals surface area (Å²) in [6.07, 6.45) is 0.425. The summed E-state index contributed by atoms with van der Waals surface area (Å²) < 4.78 is 15.2. The van der Waals surface area contributed by atoms with Crippen molar-refractivity contribution >= 4 is 22.8 Å². The molecule has 1 N–H and O–H groups in total. The minimum absolute atomic E-state index is 0.0514. The molecule has 0 spiro atoms. The Kier molecular flexibility index (Phi) is 4.60. The number of amides is 1. The van der Waals surface area contributed by atoms with Crippen LogP contribution in [0.3, 0.4) is 0 Å². The lowest BCUT2D eigenvalue weighted by atomic mass is 10.2. The highest BCUT2D eigenvalue weighted by Crippen LogP contribution is 2.18. The molecule has 0 bridgehead atoms. The molecule has 0 atom stereocenters. The summed E-state index contributed by atoms with van der Waals surface area (Å²) in [6.45, 7) is 2.32. The summed E-state index contributed by atoms with van der Waals surface area (Å²) in [4.78, 5) is 23.6. The third-order valence-electron chi connectivity index (χ3n) is 3.35. The van der Waals surface area contributed by atoms with Gasteiger partial charge in [0, 0.05) is 24.4 Å². The highest BCUT2D eigenvalue weighted by atomic mass is 16.6. The third kappa shape index (κ3) is 3.45. The third-order valence-corrected chi connectivity index (χ3v) is 3.35. The van der Waals surface area contributed by atoms with Crippen LogP contribution in [-0.2, 0) is 11.2 Å². The number of ether oxygens (including phenoxy) is 1. The average molecular weight is 328 g/mol. The van der Waals surface area contributed by atoms with Crippen LogP contribution in [0, 0.1) is 0 Å². The first-order chi connectivity index (χ1) is 11.7. The fourth-order valence-corrected chi connectivity index (χ4v) is 2.21. The Morgan fingerprint density at radius 1 is 1.21 bits per heavy atom. The van der Waals surface area contributed by atoms with Crippen molar-refractivity contribution in [2.75, 3.05) is 13.2 Å². The normalized spacial score (nSPS) is 10.7. The molecule has 0 aliphatic carbocycles. The van der Waals surface area contributed by atoms with E-state index in [4.69, 9.17) is 13.7 Å². The molecule has 0 aliphatic rings. The number of hydrogen-bond acceptors (Lipinski definition) is 6. The molecule has 124 valence electrons. The summed E-state index contributed by atoms with van der Waals surface area (Å²) in [5.41, 5.74) is 1.22. The Labute approximate surface area is 137 Å². The lowest BCUT2D eigenvalue weighted by molar-refractivity contribution is 0.0479. The van der Waals surface area contributed by atoms with Crippen LogP contribution >= 0.6 is 0 Å². The predicted molar refractivity (Wildman–Crippen MR) is 84.7 cm³/mol. The van der Waals surface area contributed by atoms with E-state index >= 15 is 0 Å². The van der Waals surface area contributed by atoms with Crippen molar-refractivity contribution in [1.29, 1.82) is 0 Å². The van der Waals surface area contributed by atoms with Crippen LogP contribution in [0.4, 0.5) is 0 Å². The van der Waals surface area contributed by atoms with E-state index in [1.54, 1.807) is 19.1 Å². The first kappa shape index (κ1) is 15.8. The number of furan rings is 1. The monoisotopic (exact) mass is 328 g/mol. The molecule has 0 unspecified atom stereocenters. The van der Waals surface area contributed by atoms with Crippen LogP contribution in [-0.4, -0.2) is 30.2 Å². The van der Waals surface area contributed by atoms with E-state index in [1.807, 2.05) is 18.2 Å². The summed E-state index contributed by atoms with van der Waals surface area (Å²) in [7, 11) is 0. The second kappa shape index (κ2) is 6.99. The first-order valence-corrected chi connectivity index (χ1v) is 7.57. The number of aromatic nitrogens is 1. The molecule has 0 fully saturated rings. The van der Waals surface area contributed by atoms with Crippen LogP contribution in [0.1, 0.15) is 33.7 Å². The average Bonchev–Trinajstić information content (AvgIpc) is 3.21. The van der Waals surface area contributed by atoms with Crippen molar-refractivity contribution in [2.45, 2.75) is 13.3 Å². The number of hydrogen-bond donors (Lipinski definition) is 1. The van der Waals surface area contributed by atoms with Crippen LogP contribution in [0.25, 0.3) is 11.0 Å². The van der Waals surface area contributed by atoms with Gasteiger partial charge in [0.1, 0.15) is 5.58 Å². The fourth-order valence-electron chi connectivity index (χ4n) is 2.21. The molecule has 2 heterocycles. The Morgan fingerprint density at radius 3 is 2.83 bits per heavy atom. The zero-order valence-corrected chi connectivity index (χ0v) is 13.1. The molecule has 0 aliphatic heterocycles. The molecular formula is C17H16N2O5. The zero-order valence-electron chi connectivity index (χ0n) is 13.1. The molecule has 2 aromatic heterocycles. The van der Waals surface area contributed by atoms with Gasteiger partial charge in [-0.25, -0.2) is 4.79 Å². The summed E-state index contributed by atoms with van der Waals surface area (Å²) >= 11 is 0. The Morgan fingerprint density at radius 2 is 2.04 bits per heavy atom. The maximum absolute atomic E-state index is 12.1. The van der Waals surface area contributed by atoms with Gasteiger partial charge in [-0.3, -0.25) is 4.79 Å². The first-order valence-electron chi connectivity index (χ1n) is 7.57. The van der Waals surface area contributed by atoms with Gasteiger partial charge in [-0.05, 0) is 19.1 Å². The SMILES string of the molecule is CCOC(=O)c1cc(CCNC(=O)c2cc3ccccc3o2)no1. The van der Waals surface area contributed by atoms with Crippen molar-refractivity contribution in [2.24, 2.45) is 0 Å². The topological polar surface area (TPSA) is 94.6 Å². The fraction of sp³-hybridized carbons (Fsp3) is 0.235. The summed E-state index contributed by atoms with van der Waals surface area (Å²) in [5.74, 6) is -0.554. The second-order valence-corrected chi connectivity index (χ2v) is 5.06. The van der Waals surface area contributed by atoms with Gasteiger partial charge in [0.25, 0.3) is 5.91 Å². The lowest BCUT2D eigenvalue weighted by Gasteiger charge is -2.00. The number of nitrogens with one attached hydrogen (secondary N) is 1. The number of nitrogens with zero attached hydrogens (tertiary/aromatic N) is 1. The van der Waals surface area contributed by atoms with E-state index in [2.05, 4.69) is 10.5 Å². The number of benzene rings is 1. The number of para-hydroxylation sites is 1. The molecule has 24 heavy (non-hydrogen) atoms. The summed E-state index contributed by atoms with van der Waals surface area (Å²) in [6, 6.07) is 10.6. The highest BCUT2D eigenvalue weighted by Gasteiger charge is 2.15. The van der Waals surface area contributed by atoms with E-state index in [0.29, 0.717) is 24.2 Å². The molecule has 0 saturated heterocycles. The Hall–Kier alpha value is -3.09. The van der Waals surface area contributed by atoms with Gasteiger partial charge in [-0.1, -0.05) is 23.4 Å². The molecular weight excluding hydrogens is 312 g/mol. The number of carbonyl (C=O) groups excluding carboxylic acids is 2. The number of rotatable bonds is 6. The Bertz CT molecular complexity index is 832. The zero-order chi connectivity index (χ0) is 16.9. The van der Waals surface area contributed by atoms with Crippen LogP contribution in [0.2, 0.25) is 0 Å². The van der Waals surface area contributed by atoms with Gasteiger partial charge < -0.3 is 19.0 Å². The van der Waals surface area contributed by atoms with Gasteiger partial charge in [-0.15, -0.1) is 0 Å². The van der Waals surface area contributed by atoms with E-state index in [0.717, 1.165) is 5.39 Å². The Balaban J connectivity index is 1.54. The lowest BCUT2D eigenvalue weighted by Crippen LogP contribution is -2.25. The minimum atomic E-state index is -0.553. The van der Waals surface area contributed by atoms with Crippen molar-refractivity contribution in [3.8, 4) is 0 Å². The minimum Gasteiger partial charge on any atom is -0.460 e. The predicted octanol–water partition coefficient (Wildman–Crippen LogP) is 2.57. The van der Waals surface area contributed by atoms with E-state index in [1.165, 1.54) is 6.07 Å². The van der Waals surface area contributed by atoms with Gasteiger partial charge >= 0.3 is 5.97 Å². The van der Waals surface area contributed by atoms with Crippen LogP contribution in [0.5, 0.6) is 0 Å². The second-order valence-electron chi connectivity index (χ2n) is 5.06. The highest BCUT2D eigenvalue weighted by molar-refractivity contribution is 5.96. The molecule has 3 rings (SSSR count). The molecule has 0 radical (unpaired) electrons. The van der Waals surface area contributed by atoms with Crippen molar-refractivity contribution in [3.05, 3.63) is 53.6 Å². The number of carbonyl (C=O) groups is 2. The standard InChI is InChI=1S/C17H16N2O5/c1-2-22-17(21)15-10-12(19-24-15)7-8-18-16(20)14-9-11-5-3-4-6-13(11)23-14/h3-6,9-10H,2,7-8H2,1H3,(H,18,20). The molecule has 7 nitrogen and oxygen atoms in total. The van der Waals surface area contributed by atoms with Gasteiger partial charge in [0.15, 0.2) is 5.76 Å². The van der Waals surface area contributed by atoms with Gasteiger partial charge in [-0.2, -0.15) is 0 Å². The molecule has 1 amide bonds. The van der Waals surface area contributed by atoms with E-state index in [-0.39, 0.29) is 24.0 Å². The van der Waals surface area contributed by atoms with Gasteiger partial charge in [0.05, 0.1) is 12.3 Å². The number of esters is 1. The van der Waals surface area contributed by atoms with Crippen molar-refractivity contribution < 1.29 is 23.3 Å². The smallest absolute Gasteiger partial charge is 0.377 e. The molecule has 7 heteroatoms. The van der Waals surface area contributed by atoms with Crippen LogP contribution in [0.15, 0.2) is 45.3 Å². The molecule has 3 aromatic rings. The maximum Gasteiger partial charge on any atom is 0.377 e. The summed E-state index contributed by atoms with van der Waals surface area (Å²) in [5, 5.41) is 7.39. The number of fused-ring (bicyclic) bond motifs is 1. The van der Waals surface area contributed by atoms with Crippen molar-refractivity contribution in [3.63, 3.8) is 0 Å². The quantitative estimate of drug-likeness (QED) is 0.699. The molecule has 0 saturated carbocycles. The molecule has 1 aromatic carbocycles.